The number of hydrogen-bond donors (Lipinski definition) is 2. The molecule has 17 heavy (non-hydrogen) atoms. The summed E-state index contributed by atoms with van der Waals surface area (Å²) < 4.78 is 13.3. The first-order valence-corrected chi connectivity index (χ1v) is 6.31. The molecule has 2 N–H and O–H groups in total. The Morgan fingerprint density at radius 3 is 2.94 bits per heavy atom. The van der Waals surface area contributed by atoms with Crippen molar-refractivity contribution >= 4 is 11.6 Å². The van der Waals surface area contributed by atoms with Crippen LogP contribution < -0.4 is 5.32 Å². The molecule has 0 bridgehead atoms. The van der Waals surface area contributed by atoms with E-state index in [1.807, 2.05) is 0 Å². The van der Waals surface area contributed by atoms with Crippen molar-refractivity contribution in [2.45, 2.75) is 25.9 Å². The van der Waals surface area contributed by atoms with Crippen LogP contribution in [0.15, 0.2) is 12.1 Å². The van der Waals surface area contributed by atoms with Crippen LogP contribution in [-0.4, -0.2) is 18.2 Å². The van der Waals surface area contributed by atoms with Crippen LogP contribution in [0.2, 0.25) is 5.02 Å². The van der Waals surface area contributed by atoms with Gasteiger partial charge in [-0.1, -0.05) is 11.6 Å². The maximum Gasteiger partial charge on any atom is 0.127 e. The fraction of sp³-hybridized carbons (Fsp3) is 0.538. The highest BCUT2D eigenvalue weighted by molar-refractivity contribution is 6.31. The van der Waals surface area contributed by atoms with Crippen molar-refractivity contribution in [1.29, 1.82) is 0 Å². The predicted octanol–water partition coefficient (Wildman–Crippen LogP) is 2.82. The highest BCUT2D eigenvalue weighted by atomic mass is 35.5. The smallest absolute Gasteiger partial charge is 0.127 e. The normalized spacial score (nSPS) is 22.5. The number of halogens is 2. The average molecular weight is 258 g/mol. The Labute approximate surface area is 106 Å². The largest absolute Gasteiger partial charge is 0.388 e. The summed E-state index contributed by atoms with van der Waals surface area (Å²) in [5, 5.41) is 13.9. The zero-order chi connectivity index (χ0) is 12.4. The lowest BCUT2D eigenvalue weighted by Crippen LogP contribution is -2.33. The third kappa shape index (κ3) is 2.79. The van der Waals surface area contributed by atoms with Gasteiger partial charge in [0.15, 0.2) is 0 Å². The molecule has 0 aromatic heterocycles. The van der Waals surface area contributed by atoms with Gasteiger partial charge in [0.25, 0.3) is 0 Å². The summed E-state index contributed by atoms with van der Waals surface area (Å²) in [5.41, 5.74) is 1.16. The lowest BCUT2D eigenvalue weighted by atomic mass is 9.89. The van der Waals surface area contributed by atoms with E-state index in [1.165, 1.54) is 6.07 Å². The molecule has 1 saturated heterocycles. The molecule has 0 saturated carbocycles. The molecule has 2 unspecified atom stereocenters. The summed E-state index contributed by atoms with van der Waals surface area (Å²) in [6.45, 7) is 3.47. The quantitative estimate of drug-likeness (QED) is 0.854. The van der Waals surface area contributed by atoms with E-state index < -0.39 is 6.10 Å². The molecule has 1 fully saturated rings. The van der Waals surface area contributed by atoms with Crippen molar-refractivity contribution in [2.75, 3.05) is 13.1 Å². The fourth-order valence-electron chi connectivity index (χ4n) is 2.31. The van der Waals surface area contributed by atoms with Gasteiger partial charge in [0.1, 0.15) is 5.82 Å². The van der Waals surface area contributed by atoms with E-state index >= 15 is 0 Å². The van der Waals surface area contributed by atoms with Gasteiger partial charge in [-0.05, 0) is 49.6 Å². The van der Waals surface area contributed by atoms with Gasteiger partial charge in [-0.3, -0.25) is 0 Å². The molecule has 1 aromatic carbocycles. The monoisotopic (exact) mass is 257 g/mol. The Bertz CT molecular complexity index is 405. The first-order valence-electron chi connectivity index (χ1n) is 5.94. The third-order valence-electron chi connectivity index (χ3n) is 3.38. The van der Waals surface area contributed by atoms with E-state index in [2.05, 4.69) is 5.32 Å². The Hall–Kier alpha value is -0.640. The minimum atomic E-state index is -0.616. The molecular formula is C13H17ClFNO. The van der Waals surface area contributed by atoms with E-state index in [-0.39, 0.29) is 11.7 Å². The molecule has 2 rings (SSSR count). The predicted molar refractivity (Wildman–Crippen MR) is 66.7 cm³/mol. The molecule has 1 aliphatic rings. The number of nitrogens with one attached hydrogen (secondary N) is 1. The van der Waals surface area contributed by atoms with E-state index in [4.69, 9.17) is 11.6 Å². The van der Waals surface area contributed by atoms with Crippen LogP contribution in [0, 0.1) is 18.7 Å². The maximum absolute atomic E-state index is 13.3. The summed E-state index contributed by atoms with van der Waals surface area (Å²) in [6.07, 6.45) is 1.41. The van der Waals surface area contributed by atoms with Crippen molar-refractivity contribution in [3.63, 3.8) is 0 Å². The zero-order valence-corrected chi connectivity index (χ0v) is 10.6. The van der Waals surface area contributed by atoms with Gasteiger partial charge in [-0.2, -0.15) is 0 Å². The van der Waals surface area contributed by atoms with Crippen LogP contribution in [0.3, 0.4) is 0 Å². The Morgan fingerprint density at radius 1 is 1.53 bits per heavy atom. The molecule has 2 nitrogen and oxygen atoms in total. The van der Waals surface area contributed by atoms with E-state index in [9.17, 15) is 9.50 Å². The molecule has 0 spiro atoms. The van der Waals surface area contributed by atoms with Gasteiger partial charge < -0.3 is 10.4 Å². The number of piperidine rings is 1. The van der Waals surface area contributed by atoms with Gasteiger partial charge >= 0.3 is 0 Å². The molecule has 1 aliphatic heterocycles. The minimum Gasteiger partial charge on any atom is -0.388 e. The molecule has 94 valence electrons. The van der Waals surface area contributed by atoms with Crippen molar-refractivity contribution in [1.82, 2.24) is 5.32 Å². The Balaban J connectivity index is 2.23. The zero-order valence-electron chi connectivity index (χ0n) is 9.84. The molecule has 4 heteroatoms. The van der Waals surface area contributed by atoms with Crippen LogP contribution in [0.4, 0.5) is 4.39 Å². The molecule has 1 aromatic rings. The standard InChI is InChI=1S/C13H17ClFNO/c1-8-5-10(11(14)6-12(8)15)13(17)9-3-2-4-16-7-9/h5-6,9,13,16-17H,2-4,7H2,1H3. The molecular weight excluding hydrogens is 241 g/mol. The molecule has 0 aliphatic carbocycles. The van der Waals surface area contributed by atoms with Crippen LogP contribution >= 0.6 is 11.6 Å². The molecule has 0 amide bonds. The first kappa shape index (κ1) is 12.8. The Kier molecular flexibility index (Phi) is 4.02. The molecule has 1 heterocycles. The van der Waals surface area contributed by atoms with Crippen LogP contribution in [-0.2, 0) is 0 Å². The van der Waals surface area contributed by atoms with Gasteiger partial charge in [0, 0.05) is 17.5 Å². The summed E-state index contributed by atoms with van der Waals surface area (Å²) in [7, 11) is 0. The van der Waals surface area contributed by atoms with Gasteiger partial charge in [0.05, 0.1) is 6.10 Å². The third-order valence-corrected chi connectivity index (χ3v) is 3.71. The highest BCUT2D eigenvalue weighted by Gasteiger charge is 2.25. The van der Waals surface area contributed by atoms with Gasteiger partial charge in [-0.25, -0.2) is 4.39 Å². The van der Waals surface area contributed by atoms with Crippen molar-refractivity contribution < 1.29 is 9.50 Å². The van der Waals surface area contributed by atoms with Crippen molar-refractivity contribution in [2.24, 2.45) is 5.92 Å². The van der Waals surface area contributed by atoms with Crippen LogP contribution in [0.25, 0.3) is 0 Å². The fourth-order valence-corrected chi connectivity index (χ4v) is 2.57. The lowest BCUT2D eigenvalue weighted by molar-refractivity contribution is 0.0921. The molecule has 0 radical (unpaired) electrons. The number of aliphatic hydroxyl groups is 1. The number of hydrogen-bond acceptors (Lipinski definition) is 2. The number of aliphatic hydroxyl groups excluding tert-OH is 1. The highest BCUT2D eigenvalue weighted by Crippen LogP contribution is 2.33. The van der Waals surface area contributed by atoms with Crippen molar-refractivity contribution in [3.05, 3.63) is 34.1 Å². The van der Waals surface area contributed by atoms with E-state index in [0.717, 1.165) is 25.9 Å². The SMILES string of the molecule is Cc1cc(C(O)C2CCCNC2)c(Cl)cc1F. The van der Waals surface area contributed by atoms with Gasteiger partial charge in [0.2, 0.25) is 0 Å². The van der Waals surface area contributed by atoms with Crippen LogP contribution in [0.1, 0.15) is 30.1 Å². The summed E-state index contributed by atoms with van der Waals surface area (Å²) in [5.74, 6) is -0.168. The topological polar surface area (TPSA) is 32.3 Å². The molecule has 2 atom stereocenters. The summed E-state index contributed by atoms with van der Waals surface area (Å²) in [6, 6.07) is 2.93. The second-order valence-corrected chi connectivity index (χ2v) is 5.08. The number of aryl methyl sites for hydroxylation is 1. The van der Waals surface area contributed by atoms with E-state index in [0.29, 0.717) is 16.1 Å². The first-order chi connectivity index (χ1) is 8.09. The van der Waals surface area contributed by atoms with Gasteiger partial charge in [-0.15, -0.1) is 0 Å². The van der Waals surface area contributed by atoms with E-state index in [1.54, 1.807) is 13.0 Å². The number of benzene rings is 1. The maximum atomic E-state index is 13.3. The summed E-state index contributed by atoms with van der Waals surface area (Å²) >= 11 is 6.00. The Morgan fingerprint density at radius 2 is 2.29 bits per heavy atom. The average Bonchev–Trinajstić information content (AvgIpc) is 2.34. The summed E-state index contributed by atoms with van der Waals surface area (Å²) in [4.78, 5) is 0. The number of rotatable bonds is 2. The minimum absolute atomic E-state index is 0.158. The van der Waals surface area contributed by atoms with Crippen LogP contribution in [0.5, 0.6) is 0 Å². The second-order valence-electron chi connectivity index (χ2n) is 4.67. The second kappa shape index (κ2) is 5.34. The van der Waals surface area contributed by atoms with Crippen molar-refractivity contribution in [3.8, 4) is 0 Å². The lowest BCUT2D eigenvalue weighted by Gasteiger charge is -2.28.